The van der Waals surface area contributed by atoms with Crippen LogP contribution in [0.4, 0.5) is 9.93 Å². The zero-order chi connectivity index (χ0) is 17.8. The molecular weight excluding hydrogens is 342 g/mol. The lowest BCUT2D eigenvalue weighted by molar-refractivity contribution is -0.132. The van der Waals surface area contributed by atoms with E-state index in [1.807, 2.05) is 4.90 Å². The van der Waals surface area contributed by atoms with Crippen molar-refractivity contribution >= 4 is 28.5 Å². The van der Waals surface area contributed by atoms with Gasteiger partial charge in [0.1, 0.15) is 0 Å². The number of nitrogens with one attached hydrogen (secondary N) is 1. The molecule has 1 aromatic heterocycles. The topological polar surface area (TPSA) is 89.0 Å². The summed E-state index contributed by atoms with van der Waals surface area (Å²) in [4.78, 5) is 34.0. The number of anilines is 1. The first kappa shape index (κ1) is 18.1. The van der Waals surface area contributed by atoms with E-state index < -0.39 is 6.09 Å². The van der Waals surface area contributed by atoms with Gasteiger partial charge in [0.15, 0.2) is 5.13 Å². The van der Waals surface area contributed by atoms with Crippen molar-refractivity contribution in [1.82, 2.24) is 19.7 Å². The summed E-state index contributed by atoms with van der Waals surface area (Å²) in [6.07, 6.45) is 1.51. The Kier molecular flexibility index (Phi) is 5.87. The van der Waals surface area contributed by atoms with Gasteiger partial charge in [0.25, 0.3) is 0 Å². The number of carbonyl (C=O) groups excluding carboxylic acids is 1. The normalized spacial score (nSPS) is 20.6. The number of carboxylic acid groups (broad SMARTS) is 1. The van der Waals surface area contributed by atoms with Crippen LogP contribution in [0.2, 0.25) is 0 Å². The summed E-state index contributed by atoms with van der Waals surface area (Å²) in [5, 5.41) is 12.9. The zero-order valence-electron chi connectivity index (χ0n) is 14.5. The number of rotatable bonds is 4. The molecule has 9 heteroatoms. The molecule has 1 aromatic rings. The van der Waals surface area contributed by atoms with Gasteiger partial charge in [-0.15, -0.1) is 11.3 Å². The first-order valence-corrected chi connectivity index (χ1v) is 9.54. The van der Waals surface area contributed by atoms with Gasteiger partial charge in [-0.1, -0.05) is 0 Å². The number of carbonyl (C=O) groups is 2. The van der Waals surface area contributed by atoms with Crippen molar-refractivity contribution in [2.24, 2.45) is 0 Å². The molecule has 0 aromatic carbocycles. The molecular formula is C16H25N5O3S. The molecule has 2 aliphatic heterocycles. The Morgan fingerprint density at radius 2 is 1.92 bits per heavy atom. The zero-order valence-corrected chi connectivity index (χ0v) is 15.3. The number of thiazole rings is 1. The standard InChI is InChI=1S/C16H25N5O3S/c1-19-4-2-13(3-5-19)20-6-8-21(9-7-20)14(22)10-12-11-25-15(17-12)18-16(23)24/h11,13H,2-10H2,1H3,(H,17,18)(H,23,24). The SMILES string of the molecule is CN1CCC(N2CCN(C(=O)Cc3csc(NC(=O)O)n3)CC2)CC1. The van der Waals surface area contributed by atoms with Crippen LogP contribution >= 0.6 is 11.3 Å². The van der Waals surface area contributed by atoms with Gasteiger partial charge in [-0.2, -0.15) is 0 Å². The molecule has 0 atom stereocenters. The molecule has 2 N–H and O–H groups in total. The monoisotopic (exact) mass is 367 g/mol. The summed E-state index contributed by atoms with van der Waals surface area (Å²) in [5.41, 5.74) is 0.622. The van der Waals surface area contributed by atoms with E-state index in [1.165, 1.54) is 24.2 Å². The van der Waals surface area contributed by atoms with Gasteiger partial charge in [0.05, 0.1) is 12.1 Å². The molecule has 0 aliphatic carbocycles. The molecule has 2 aliphatic rings. The number of hydrogen-bond donors (Lipinski definition) is 2. The largest absolute Gasteiger partial charge is 0.465 e. The third kappa shape index (κ3) is 4.90. The fraction of sp³-hybridized carbons (Fsp3) is 0.688. The fourth-order valence-corrected chi connectivity index (χ4v) is 4.20. The van der Waals surface area contributed by atoms with Crippen LogP contribution in [0.3, 0.4) is 0 Å². The van der Waals surface area contributed by atoms with Gasteiger partial charge in [-0.3, -0.25) is 15.0 Å². The number of hydrogen-bond acceptors (Lipinski definition) is 6. The van der Waals surface area contributed by atoms with Crippen LogP contribution in [-0.4, -0.2) is 89.1 Å². The number of amides is 2. The van der Waals surface area contributed by atoms with Crippen molar-refractivity contribution in [2.45, 2.75) is 25.3 Å². The predicted molar refractivity (Wildman–Crippen MR) is 96.1 cm³/mol. The van der Waals surface area contributed by atoms with Crippen molar-refractivity contribution in [1.29, 1.82) is 0 Å². The summed E-state index contributed by atoms with van der Waals surface area (Å²) in [5.74, 6) is 0.0650. The van der Waals surface area contributed by atoms with E-state index in [0.29, 0.717) is 16.9 Å². The lowest BCUT2D eigenvalue weighted by atomic mass is 10.0. The van der Waals surface area contributed by atoms with Gasteiger partial charge in [0.2, 0.25) is 5.91 Å². The molecule has 0 unspecified atom stereocenters. The van der Waals surface area contributed by atoms with Gasteiger partial charge in [0, 0.05) is 37.6 Å². The minimum atomic E-state index is -1.14. The molecule has 8 nitrogen and oxygen atoms in total. The minimum Gasteiger partial charge on any atom is -0.465 e. The Bertz CT molecular complexity index is 607. The fourth-order valence-electron chi connectivity index (χ4n) is 3.50. The Morgan fingerprint density at radius 1 is 1.24 bits per heavy atom. The number of likely N-dealkylation sites (tertiary alicyclic amines) is 1. The van der Waals surface area contributed by atoms with E-state index >= 15 is 0 Å². The van der Waals surface area contributed by atoms with Gasteiger partial charge in [-0.05, 0) is 33.0 Å². The first-order chi connectivity index (χ1) is 12.0. The third-order valence-electron chi connectivity index (χ3n) is 4.97. The Labute approximate surface area is 151 Å². The molecule has 25 heavy (non-hydrogen) atoms. The summed E-state index contributed by atoms with van der Waals surface area (Å²) < 4.78 is 0. The lowest BCUT2D eigenvalue weighted by Gasteiger charge is -2.42. The summed E-state index contributed by atoms with van der Waals surface area (Å²) >= 11 is 1.20. The molecule has 3 heterocycles. The Morgan fingerprint density at radius 3 is 2.56 bits per heavy atom. The van der Waals surface area contributed by atoms with Crippen molar-refractivity contribution in [2.75, 3.05) is 51.6 Å². The first-order valence-electron chi connectivity index (χ1n) is 8.66. The van der Waals surface area contributed by atoms with E-state index in [-0.39, 0.29) is 12.3 Å². The van der Waals surface area contributed by atoms with Crippen LogP contribution in [0.25, 0.3) is 0 Å². The third-order valence-corrected chi connectivity index (χ3v) is 5.78. The second-order valence-electron chi connectivity index (χ2n) is 6.70. The molecule has 0 spiro atoms. The van der Waals surface area contributed by atoms with Crippen LogP contribution in [0.1, 0.15) is 18.5 Å². The van der Waals surface area contributed by atoms with Crippen molar-refractivity contribution in [3.05, 3.63) is 11.1 Å². The highest BCUT2D eigenvalue weighted by molar-refractivity contribution is 7.13. The van der Waals surface area contributed by atoms with Gasteiger partial charge < -0.3 is 14.9 Å². The minimum absolute atomic E-state index is 0.0650. The quantitative estimate of drug-likeness (QED) is 0.826. The maximum atomic E-state index is 12.5. The molecule has 0 saturated carbocycles. The van der Waals surface area contributed by atoms with Crippen LogP contribution in [0.15, 0.2) is 5.38 Å². The number of piperazine rings is 1. The van der Waals surface area contributed by atoms with Crippen molar-refractivity contribution in [3.63, 3.8) is 0 Å². The maximum absolute atomic E-state index is 12.5. The highest BCUT2D eigenvalue weighted by Gasteiger charge is 2.28. The predicted octanol–water partition coefficient (Wildman–Crippen LogP) is 1.01. The number of aromatic nitrogens is 1. The maximum Gasteiger partial charge on any atom is 0.410 e. The number of piperidine rings is 1. The van der Waals surface area contributed by atoms with E-state index in [0.717, 1.165) is 39.3 Å². The van der Waals surface area contributed by atoms with Crippen LogP contribution in [0.5, 0.6) is 0 Å². The molecule has 2 amide bonds. The average molecular weight is 367 g/mol. The molecule has 0 radical (unpaired) electrons. The highest BCUT2D eigenvalue weighted by atomic mass is 32.1. The number of nitrogens with zero attached hydrogens (tertiary/aromatic N) is 4. The molecule has 2 fully saturated rings. The van der Waals surface area contributed by atoms with E-state index in [9.17, 15) is 9.59 Å². The lowest BCUT2D eigenvalue weighted by Crippen LogP contribution is -2.54. The summed E-state index contributed by atoms with van der Waals surface area (Å²) in [6, 6.07) is 0.650. The smallest absolute Gasteiger partial charge is 0.410 e. The van der Waals surface area contributed by atoms with Crippen molar-refractivity contribution in [3.8, 4) is 0 Å². The molecule has 0 bridgehead atoms. The summed E-state index contributed by atoms with van der Waals surface area (Å²) in [7, 11) is 2.17. The highest BCUT2D eigenvalue weighted by Crippen LogP contribution is 2.19. The van der Waals surface area contributed by atoms with E-state index in [4.69, 9.17) is 5.11 Å². The second kappa shape index (κ2) is 8.11. The molecule has 2 saturated heterocycles. The van der Waals surface area contributed by atoms with E-state index in [2.05, 4.69) is 27.1 Å². The average Bonchev–Trinajstić information content (AvgIpc) is 3.02. The van der Waals surface area contributed by atoms with Crippen LogP contribution < -0.4 is 5.32 Å². The van der Waals surface area contributed by atoms with Crippen LogP contribution in [-0.2, 0) is 11.2 Å². The Balaban J connectivity index is 1.45. The molecule has 138 valence electrons. The van der Waals surface area contributed by atoms with Crippen molar-refractivity contribution < 1.29 is 14.7 Å². The van der Waals surface area contributed by atoms with E-state index in [1.54, 1.807) is 5.38 Å². The van der Waals surface area contributed by atoms with Crippen LogP contribution in [0, 0.1) is 0 Å². The second-order valence-corrected chi connectivity index (χ2v) is 7.56. The van der Waals surface area contributed by atoms with Gasteiger partial charge in [-0.25, -0.2) is 9.78 Å². The molecule has 3 rings (SSSR count). The summed E-state index contributed by atoms with van der Waals surface area (Å²) in [6.45, 7) is 5.69. The Hall–Kier alpha value is -1.71. The van der Waals surface area contributed by atoms with Gasteiger partial charge >= 0.3 is 6.09 Å².